The van der Waals surface area contributed by atoms with Crippen molar-refractivity contribution < 1.29 is 13.9 Å². The Morgan fingerprint density at radius 1 is 1.08 bits per heavy atom. The number of benzene rings is 2. The number of rotatable bonds is 4. The van der Waals surface area contributed by atoms with Gasteiger partial charge < -0.3 is 19.4 Å². The van der Waals surface area contributed by atoms with Gasteiger partial charge in [0.2, 0.25) is 0 Å². The molecular weight excluding hydrogens is 328 g/mol. The molecule has 2 heterocycles. The van der Waals surface area contributed by atoms with Crippen LogP contribution in [-0.4, -0.2) is 17.9 Å². The van der Waals surface area contributed by atoms with Crippen LogP contribution >= 0.6 is 0 Å². The Hall–Kier alpha value is -3.21. The Labute approximate surface area is 152 Å². The number of amides is 1. The summed E-state index contributed by atoms with van der Waals surface area (Å²) in [6.45, 7) is 2.34. The number of hydrogen-bond donors (Lipinski definition) is 1. The summed E-state index contributed by atoms with van der Waals surface area (Å²) in [5, 5.41) is 3.54. The Morgan fingerprint density at radius 3 is 2.62 bits per heavy atom. The van der Waals surface area contributed by atoms with E-state index in [9.17, 15) is 4.79 Å². The maximum atomic E-state index is 13.3. The van der Waals surface area contributed by atoms with Gasteiger partial charge in [-0.15, -0.1) is 0 Å². The predicted molar refractivity (Wildman–Crippen MR) is 99.0 cm³/mol. The van der Waals surface area contributed by atoms with Gasteiger partial charge in [-0.1, -0.05) is 30.3 Å². The van der Waals surface area contributed by atoms with Crippen LogP contribution in [0.1, 0.15) is 28.6 Å². The molecule has 4 rings (SSSR count). The summed E-state index contributed by atoms with van der Waals surface area (Å²) in [6.07, 6.45) is 1.62. The quantitative estimate of drug-likeness (QED) is 0.767. The Kier molecular flexibility index (Phi) is 3.92. The van der Waals surface area contributed by atoms with Crippen LogP contribution in [0.15, 0.2) is 71.3 Å². The second-order valence-corrected chi connectivity index (χ2v) is 6.41. The lowest BCUT2D eigenvalue weighted by Gasteiger charge is -2.46. The summed E-state index contributed by atoms with van der Waals surface area (Å²) in [5.74, 6) is 1.39. The van der Waals surface area contributed by atoms with Crippen LogP contribution in [0.4, 0.5) is 5.69 Å². The number of nitrogens with zero attached hydrogens (tertiary/aromatic N) is 1. The van der Waals surface area contributed by atoms with E-state index in [-0.39, 0.29) is 5.91 Å². The van der Waals surface area contributed by atoms with Gasteiger partial charge in [0.25, 0.3) is 5.91 Å². The highest BCUT2D eigenvalue weighted by Crippen LogP contribution is 2.41. The third kappa shape index (κ3) is 2.52. The smallest absolute Gasteiger partial charge is 0.258 e. The fraction of sp³-hybridized carbons (Fsp3) is 0.190. The fourth-order valence-electron chi connectivity index (χ4n) is 3.50. The van der Waals surface area contributed by atoms with Crippen molar-refractivity contribution in [2.45, 2.75) is 19.1 Å². The van der Waals surface area contributed by atoms with Crippen LogP contribution in [0.5, 0.6) is 5.75 Å². The molecule has 1 aliphatic rings. The summed E-state index contributed by atoms with van der Waals surface area (Å²) < 4.78 is 11.1. The van der Waals surface area contributed by atoms with Gasteiger partial charge in [-0.2, -0.15) is 0 Å². The molecular formula is C21H20N2O3. The molecule has 3 aromatic rings. The van der Waals surface area contributed by atoms with E-state index in [1.807, 2.05) is 67.6 Å². The molecule has 0 saturated heterocycles. The molecule has 0 bridgehead atoms. The van der Waals surface area contributed by atoms with Gasteiger partial charge in [0.05, 0.1) is 25.5 Å². The van der Waals surface area contributed by atoms with Crippen LogP contribution in [0.2, 0.25) is 0 Å². The normalized spacial score (nSPS) is 19.0. The van der Waals surface area contributed by atoms with Gasteiger partial charge in [0, 0.05) is 11.3 Å². The molecule has 1 aliphatic heterocycles. The van der Waals surface area contributed by atoms with Gasteiger partial charge >= 0.3 is 0 Å². The number of fused-ring (bicyclic) bond motifs is 1. The monoisotopic (exact) mass is 348 g/mol. The number of nitrogens with one attached hydrogen (secondary N) is 1. The third-order valence-electron chi connectivity index (χ3n) is 4.85. The SMILES string of the molecule is COc1ccccc1C1(C)Nc2ccccc2C(=O)N1Cc1ccco1. The van der Waals surface area contributed by atoms with Crippen molar-refractivity contribution in [2.75, 3.05) is 12.4 Å². The number of carbonyl (C=O) groups is 1. The Bertz CT molecular complexity index is 936. The van der Waals surface area contributed by atoms with Crippen LogP contribution < -0.4 is 10.1 Å². The minimum absolute atomic E-state index is 0.0517. The first-order chi connectivity index (χ1) is 12.6. The first-order valence-electron chi connectivity index (χ1n) is 8.48. The second-order valence-electron chi connectivity index (χ2n) is 6.41. The van der Waals surface area contributed by atoms with Gasteiger partial charge in [-0.05, 0) is 37.3 Å². The van der Waals surface area contributed by atoms with Crippen molar-refractivity contribution in [3.8, 4) is 5.75 Å². The van der Waals surface area contributed by atoms with Crippen LogP contribution in [0, 0.1) is 0 Å². The molecule has 132 valence electrons. The van der Waals surface area contributed by atoms with Gasteiger partial charge in [0.1, 0.15) is 17.2 Å². The largest absolute Gasteiger partial charge is 0.496 e. The maximum absolute atomic E-state index is 13.3. The number of anilines is 1. The molecule has 0 spiro atoms. The van der Waals surface area contributed by atoms with Crippen LogP contribution in [0.3, 0.4) is 0 Å². The number of ether oxygens (including phenoxy) is 1. The number of methoxy groups -OCH3 is 1. The summed E-state index contributed by atoms with van der Waals surface area (Å²) in [7, 11) is 1.64. The van der Waals surface area contributed by atoms with Crippen molar-refractivity contribution >= 4 is 11.6 Å². The highest BCUT2D eigenvalue weighted by Gasteiger charge is 2.44. The second kappa shape index (κ2) is 6.26. The van der Waals surface area contributed by atoms with E-state index in [2.05, 4.69) is 5.32 Å². The van der Waals surface area contributed by atoms with Gasteiger partial charge in [0.15, 0.2) is 0 Å². The van der Waals surface area contributed by atoms with E-state index in [0.29, 0.717) is 12.1 Å². The molecule has 1 atom stereocenters. The van der Waals surface area contributed by atoms with E-state index >= 15 is 0 Å². The van der Waals surface area contributed by atoms with Crippen molar-refractivity contribution in [1.29, 1.82) is 0 Å². The van der Waals surface area contributed by atoms with Gasteiger partial charge in [-0.3, -0.25) is 4.79 Å². The predicted octanol–water partition coefficient (Wildman–Crippen LogP) is 4.23. The topological polar surface area (TPSA) is 54.7 Å². The summed E-state index contributed by atoms with van der Waals surface area (Å²) in [6, 6.07) is 19.0. The van der Waals surface area contributed by atoms with Gasteiger partial charge in [-0.25, -0.2) is 0 Å². The fourth-order valence-corrected chi connectivity index (χ4v) is 3.50. The zero-order valence-corrected chi connectivity index (χ0v) is 14.7. The van der Waals surface area contributed by atoms with E-state index < -0.39 is 5.66 Å². The molecule has 0 fully saturated rings. The Morgan fingerprint density at radius 2 is 1.85 bits per heavy atom. The van der Waals surface area contributed by atoms with E-state index in [4.69, 9.17) is 9.15 Å². The number of hydrogen-bond acceptors (Lipinski definition) is 4. The molecule has 1 amide bonds. The molecule has 5 heteroatoms. The van der Waals surface area contributed by atoms with Crippen molar-refractivity contribution in [3.63, 3.8) is 0 Å². The molecule has 0 radical (unpaired) electrons. The summed E-state index contributed by atoms with van der Waals surface area (Å²) in [5.41, 5.74) is 1.55. The van der Waals surface area contributed by atoms with E-state index in [0.717, 1.165) is 22.8 Å². The van der Waals surface area contributed by atoms with Crippen molar-refractivity contribution in [1.82, 2.24) is 4.90 Å². The maximum Gasteiger partial charge on any atom is 0.258 e. The molecule has 1 N–H and O–H groups in total. The highest BCUT2D eigenvalue weighted by molar-refractivity contribution is 6.02. The van der Waals surface area contributed by atoms with Crippen molar-refractivity contribution in [2.24, 2.45) is 0 Å². The minimum atomic E-state index is -0.787. The molecule has 0 aliphatic carbocycles. The summed E-state index contributed by atoms with van der Waals surface area (Å²) in [4.78, 5) is 15.1. The average Bonchev–Trinajstić information content (AvgIpc) is 3.18. The molecule has 2 aromatic carbocycles. The standard InChI is InChI=1S/C21H20N2O3/c1-21(17-10-4-6-12-19(17)25-2)22-18-11-5-3-9-16(18)20(24)23(21)14-15-8-7-13-26-15/h3-13,22H,14H2,1-2H3. The number of carbonyl (C=O) groups excluding carboxylic acids is 1. The lowest BCUT2D eigenvalue weighted by atomic mass is 9.92. The van der Waals surface area contributed by atoms with Crippen LogP contribution in [-0.2, 0) is 12.2 Å². The van der Waals surface area contributed by atoms with Crippen LogP contribution in [0.25, 0.3) is 0 Å². The first-order valence-corrected chi connectivity index (χ1v) is 8.48. The summed E-state index contributed by atoms with van der Waals surface area (Å²) >= 11 is 0. The molecule has 0 saturated carbocycles. The third-order valence-corrected chi connectivity index (χ3v) is 4.85. The zero-order valence-electron chi connectivity index (χ0n) is 14.7. The molecule has 26 heavy (non-hydrogen) atoms. The molecule has 5 nitrogen and oxygen atoms in total. The Balaban J connectivity index is 1.87. The number of furan rings is 1. The lowest BCUT2D eigenvalue weighted by molar-refractivity contribution is 0.0482. The lowest BCUT2D eigenvalue weighted by Crippen LogP contribution is -2.55. The molecule has 1 unspecified atom stereocenters. The average molecular weight is 348 g/mol. The number of para-hydroxylation sites is 2. The minimum Gasteiger partial charge on any atom is -0.496 e. The van der Waals surface area contributed by atoms with E-state index in [1.165, 1.54) is 0 Å². The van der Waals surface area contributed by atoms with E-state index in [1.54, 1.807) is 18.3 Å². The molecule has 1 aromatic heterocycles. The zero-order chi connectivity index (χ0) is 18.1. The van der Waals surface area contributed by atoms with Crippen molar-refractivity contribution in [3.05, 3.63) is 83.8 Å². The first kappa shape index (κ1) is 16.3. The highest BCUT2D eigenvalue weighted by atomic mass is 16.5.